The van der Waals surface area contributed by atoms with Gasteiger partial charge in [0, 0.05) is 0 Å². The predicted molar refractivity (Wildman–Crippen MR) is 78.2 cm³/mol. The van der Waals surface area contributed by atoms with Crippen molar-refractivity contribution in [1.29, 1.82) is 0 Å². The largest absolute Gasteiger partial charge is 0.316 e. The van der Waals surface area contributed by atoms with Gasteiger partial charge in [-0.05, 0) is 39.8 Å². The van der Waals surface area contributed by atoms with E-state index in [1.54, 1.807) is 0 Å². The summed E-state index contributed by atoms with van der Waals surface area (Å²) in [4.78, 5) is 0. The van der Waals surface area contributed by atoms with E-state index in [2.05, 4.69) is 16.9 Å². The van der Waals surface area contributed by atoms with Crippen LogP contribution in [0, 0.1) is 25.7 Å². The summed E-state index contributed by atoms with van der Waals surface area (Å²) in [5.74, 6) is 6.21. The Morgan fingerprint density at radius 3 is 2.37 bits per heavy atom. The lowest BCUT2D eigenvalue weighted by molar-refractivity contribution is 0.680. The first-order chi connectivity index (χ1) is 8.88. The van der Waals surface area contributed by atoms with E-state index in [1.165, 1.54) is 0 Å². The Balaban J connectivity index is 2.49. The number of hydrogen-bond donors (Lipinski definition) is 1. The maximum atomic E-state index is 5.90. The Labute approximate surface area is 114 Å². The van der Waals surface area contributed by atoms with Gasteiger partial charge in [0.05, 0.1) is 28.2 Å². The van der Waals surface area contributed by atoms with Gasteiger partial charge in [0.2, 0.25) is 0 Å². The van der Waals surface area contributed by atoms with Gasteiger partial charge in [-0.1, -0.05) is 30.0 Å². The molecule has 0 unspecified atom stereocenters. The highest BCUT2D eigenvalue weighted by Crippen LogP contribution is 2.16. The summed E-state index contributed by atoms with van der Waals surface area (Å²) in [6.45, 7) is 7.79. The normalized spacial score (nSPS) is 11.0. The van der Waals surface area contributed by atoms with Crippen LogP contribution in [-0.4, -0.2) is 15.3 Å². The lowest BCUT2D eigenvalue weighted by Gasteiger charge is -2.07. The summed E-state index contributed by atoms with van der Waals surface area (Å²) >= 11 is 0. The second-order valence-electron chi connectivity index (χ2n) is 5.26. The third-order valence-corrected chi connectivity index (χ3v) is 2.80. The summed E-state index contributed by atoms with van der Waals surface area (Å²) in [6.07, 6.45) is 0. The molecule has 0 saturated carbocycles. The van der Waals surface area contributed by atoms with Crippen LogP contribution in [0.3, 0.4) is 0 Å². The smallest absolute Gasteiger partial charge is 0.0757 e. The molecule has 1 aromatic heterocycles. The molecule has 1 heterocycles. The van der Waals surface area contributed by atoms with Crippen molar-refractivity contribution in [2.75, 3.05) is 0 Å². The highest BCUT2D eigenvalue weighted by atomic mass is 15.3. The maximum Gasteiger partial charge on any atom is 0.0757 e. The van der Waals surface area contributed by atoms with Gasteiger partial charge in [-0.3, -0.25) is 0 Å². The van der Waals surface area contributed by atoms with E-state index in [-0.39, 0.29) is 0 Å². The monoisotopic (exact) mass is 253 g/mol. The standard InChI is InChI=1S/C16H19N3/c1-12-15(10-11-16(3,4)17)13(2)19(18-12)14-8-6-5-7-9-14/h5-9H,17H2,1-4H3. The topological polar surface area (TPSA) is 43.8 Å². The minimum atomic E-state index is -0.492. The van der Waals surface area contributed by atoms with Crippen LogP contribution < -0.4 is 5.73 Å². The molecule has 0 saturated heterocycles. The fourth-order valence-electron chi connectivity index (χ4n) is 1.87. The molecular formula is C16H19N3. The minimum Gasteiger partial charge on any atom is -0.316 e. The molecule has 2 rings (SSSR count). The average molecular weight is 253 g/mol. The molecule has 1 aromatic carbocycles. The molecule has 0 aliphatic rings. The fourth-order valence-corrected chi connectivity index (χ4v) is 1.87. The van der Waals surface area contributed by atoms with Crippen molar-refractivity contribution < 1.29 is 0 Å². The highest BCUT2D eigenvalue weighted by Gasteiger charge is 2.11. The quantitative estimate of drug-likeness (QED) is 0.794. The number of rotatable bonds is 1. The molecule has 0 atom stereocenters. The van der Waals surface area contributed by atoms with Gasteiger partial charge in [-0.25, -0.2) is 4.68 Å². The lowest BCUT2D eigenvalue weighted by atomic mass is 10.1. The molecule has 0 spiro atoms. The molecule has 0 radical (unpaired) electrons. The molecular weight excluding hydrogens is 234 g/mol. The first-order valence-corrected chi connectivity index (χ1v) is 6.32. The van der Waals surface area contributed by atoms with Gasteiger partial charge >= 0.3 is 0 Å². The first-order valence-electron chi connectivity index (χ1n) is 6.32. The molecule has 0 fully saturated rings. The molecule has 0 aliphatic heterocycles. The number of benzene rings is 1. The van der Waals surface area contributed by atoms with Gasteiger partial charge in [0.1, 0.15) is 0 Å². The third-order valence-electron chi connectivity index (χ3n) is 2.80. The molecule has 0 amide bonds. The minimum absolute atomic E-state index is 0.492. The molecule has 2 N–H and O–H groups in total. The molecule has 3 heteroatoms. The fraction of sp³-hybridized carbons (Fsp3) is 0.312. The number of hydrogen-bond acceptors (Lipinski definition) is 2. The van der Waals surface area contributed by atoms with Crippen LogP contribution in [-0.2, 0) is 0 Å². The number of aryl methyl sites for hydroxylation is 1. The van der Waals surface area contributed by atoms with E-state index in [0.717, 1.165) is 22.6 Å². The SMILES string of the molecule is Cc1nn(-c2ccccc2)c(C)c1C#CC(C)(C)N. The van der Waals surface area contributed by atoms with Crippen molar-refractivity contribution in [3.63, 3.8) is 0 Å². The van der Waals surface area contributed by atoms with Crippen molar-refractivity contribution in [2.45, 2.75) is 33.2 Å². The Bertz CT molecular complexity index is 634. The number of nitrogens with zero attached hydrogens (tertiary/aromatic N) is 2. The van der Waals surface area contributed by atoms with Crippen LogP contribution in [0.15, 0.2) is 30.3 Å². The van der Waals surface area contributed by atoms with Gasteiger partial charge in [0.25, 0.3) is 0 Å². The van der Waals surface area contributed by atoms with Gasteiger partial charge in [0.15, 0.2) is 0 Å². The summed E-state index contributed by atoms with van der Waals surface area (Å²) in [5, 5.41) is 4.55. The van der Waals surface area contributed by atoms with E-state index in [1.807, 2.05) is 62.7 Å². The Kier molecular flexibility index (Phi) is 3.46. The zero-order chi connectivity index (χ0) is 14.0. The third kappa shape index (κ3) is 3.04. The Morgan fingerprint density at radius 2 is 1.79 bits per heavy atom. The van der Waals surface area contributed by atoms with E-state index in [9.17, 15) is 0 Å². The van der Waals surface area contributed by atoms with Crippen molar-refractivity contribution in [1.82, 2.24) is 9.78 Å². The highest BCUT2D eigenvalue weighted by molar-refractivity contribution is 5.46. The second-order valence-corrected chi connectivity index (χ2v) is 5.26. The summed E-state index contributed by atoms with van der Waals surface area (Å²) in [5.41, 5.74) is 9.38. The van der Waals surface area contributed by atoms with Gasteiger partial charge < -0.3 is 5.73 Å². The van der Waals surface area contributed by atoms with E-state index in [4.69, 9.17) is 5.73 Å². The van der Waals surface area contributed by atoms with E-state index >= 15 is 0 Å². The lowest BCUT2D eigenvalue weighted by Crippen LogP contribution is -2.29. The molecule has 0 aliphatic carbocycles. The number of para-hydroxylation sites is 1. The van der Waals surface area contributed by atoms with Crippen LogP contribution in [0.4, 0.5) is 0 Å². The number of aromatic nitrogens is 2. The van der Waals surface area contributed by atoms with Crippen molar-refractivity contribution in [3.05, 3.63) is 47.3 Å². The number of nitrogens with two attached hydrogens (primary N) is 1. The van der Waals surface area contributed by atoms with Crippen LogP contribution in [0.5, 0.6) is 0 Å². The van der Waals surface area contributed by atoms with Crippen LogP contribution >= 0.6 is 0 Å². The van der Waals surface area contributed by atoms with Gasteiger partial charge in [-0.15, -0.1) is 0 Å². The van der Waals surface area contributed by atoms with Crippen molar-refractivity contribution in [2.24, 2.45) is 5.73 Å². The van der Waals surface area contributed by atoms with Gasteiger partial charge in [-0.2, -0.15) is 5.10 Å². The van der Waals surface area contributed by atoms with Crippen LogP contribution in [0.1, 0.15) is 30.8 Å². The van der Waals surface area contributed by atoms with Crippen LogP contribution in [0.25, 0.3) is 5.69 Å². The van der Waals surface area contributed by atoms with Crippen molar-refractivity contribution in [3.8, 4) is 17.5 Å². The second kappa shape index (κ2) is 4.91. The predicted octanol–water partition coefficient (Wildman–Crippen LogP) is 2.58. The average Bonchev–Trinajstić information content (AvgIpc) is 2.63. The molecule has 0 bridgehead atoms. The van der Waals surface area contributed by atoms with Crippen molar-refractivity contribution >= 4 is 0 Å². The first kappa shape index (κ1) is 13.4. The van der Waals surface area contributed by atoms with E-state index in [0.29, 0.717) is 0 Å². The molecule has 98 valence electrons. The zero-order valence-electron chi connectivity index (χ0n) is 11.9. The molecule has 2 aromatic rings. The summed E-state index contributed by atoms with van der Waals surface area (Å²) in [7, 11) is 0. The summed E-state index contributed by atoms with van der Waals surface area (Å²) in [6, 6.07) is 10.1. The maximum absolute atomic E-state index is 5.90. The Morgan fingerprint density at radius 1 is 1.16 bits per heavy atom. The molecule has 19 heavy (non-hydrogen) atoms. The summed E-state index contributed by atoms with van der Waals surface area (Å²) < 4.78 is 1.92. The van der Waals surface area contributed by atoms with E-state index < -0.39 is 5.54 Å². The molecule has 3 nitrogen and oxygen atoms in total. The Hall–Kier alpha value is -2.05. The zero-order valence-corrected chi connectivity index (χ0v) is 11.9. The van der Waals surface area contributed by atoms with Crippen LogP contribution in [0.2, 0.25) is 0 Å².